The second-order valence-corrected chi connectivity index (χ2v) is 27.4. The molecule has 0 amide bonds. The van der Waals surface area contributed by atoms with Crippen LogP contribution in [0, 0.1) is 25.8 Å². The van der Waals surface area contributed by atoms with Crippen molar-refractivity contribution in [3.63, 3.8) is 0 Å². The molecule has 0 saturated heterocycles. The average Bonchev–Trinajstić information content (AvgIpc) is 3.95. The van der Waals surface area contributed by atoms with Crippen LogP contribution in [0.25, 0.3) is 94.9 Å². The van der Waals surface area contributed by atoms with E-state index in [-0.39, 0.29) is 31.2 Å². The normalized spacial score (nSPS) is 13.1. The van der Waals surface area contributed by atoms with Gasteiger partial charge in [-0.2, -0.15) is 0 Å². The maximum atomic E-state index is 7.90. The quantitative estimate of drug-likeness (QED) is 0.118. The van der Waals surface area contributed by atoms with E-state index < -0.39 is 27.0 Å². The molecule has 0 fully saturated rings. The Labute approximate surface area is 405 Å². The molecule has 0 saturated carbocycles. The molecule has 0 aliphatic rings. The summed E-state index contributed by atoms with van der Waals surface area (Å²) in [5.41, 5.74) is 11.8. The van der Waals surface area contributed by atoms with E-state index in [2.05, 4.69) is 87.5 Å². The molecule has 0 aliphatic carbocycles. The predicted molar refractivity (Wildman–Crippen MR) is 268 cm³/mol. The first kappa shape index (κ1) is 36.6. The van der Waals surface area contributed by atoms with Crippen LogP contribution in [0.1, 0.15) is 19.4 Å². The molecule has 7 aromatic carbocycles. The molecule has 4 heterocycles. The van der Waals surface area contributed by atoms with Crippen LogP contribution in [0.5, 0.6) is 0 Å². The Morgan fingerprint density at radius 1 is 0.600 bits per heavy atom. The van der Waals surface area contributed by atoms with Crippen LogP contribution in [0.4, 0.5) is 0 Å². The molecule has 11 rings (SSSR count). The molecule has 0 N–H and O–H groups in total. The zero-order chi connectivity index (χ0) is 48.8. The van der Waals surface area contributed by atoms with Crippen molar-refractivity contribution in [3.05, 3.63) is 211 Å². The van der Waals surface area contributed by atoms with Crippen LogP contribution in [0.2, 0.25) is 17.3 Å². The van der Waals surface area contributed by atoms with Crippen molar-refractivity contribution in [2.75, 3.05) is 0 Å². The van der Waals surface area contributed by atoms with Gasteiger partial charge < -0.3 is 8.98 Å². The van der Waals surface area contributed by atoms with Crippen molar-refractivity contribution < 1.29 is 32.7 Å². The minimum Gasteiger partial charge on any atom is 0 e. The first-order chi connectivity index (χ1) is 33.6. The van der Waals surface area contributed by atoms with Crippen LogP contribution in [-0.4, -0.2) is 32.8 Å². The first-order valence-corrected chi connectivity index (χ1v) is 28.5. The van der Waals surface area contributed by atoms with Crippen LogP contribution in [-0.2, 0) is 20.1 Å². The van der Waals surface area contributed by atoms with Crippen molar-refractivity contribution in [2.45, 2.75) is 31.0 Å². The fourth-order valence-electron chi connectivity index (χ4n) is 8.01. The molecule has 0 atom stereocenters. The molecule has 11 aromatic rings. The predicted octanol–water partition coefficient (Wildman–Crippen LogP) is 14.5. The van der Waals surface area contributed by atoms with E-state index in [1.807, 2.05) is 91.1 Å². The van der Waals surface area contributed by atoms with Gasteiger partial charge in [-0.05, 0) is 49.1 Å². The average molecular weight is 1090 g/mol. The van der Waals surface area contributed by atoms with Crippen molar-refractivity contribution in [3.8, 4) is 62.0 Å². The molecule has 0 spiro atoms. The van der Waals surface area contributed by atoms with Gasteiger partial charge in [0.15, 0.2) is 0 Å². The smallest absolute Gasteiger partial charge is 0 e. The van der Waals surface area contributed by atoms with Gasteiger partial charge in [0.1, 0.15) is 5.58 Å². The summed E-state index contributed by atoms with van der Waals surface area (Å²) in [5.74, 6) is 7.80. The van der Waals surface area contributed by atoms with Crippen LogP contribution in [0.15, 0.2) is 193 Å². The number of fused-ring (bicyclic) bond motifs is 4. The number of hydrogen-bond acceptors (Lipinski definition) is 4. The van der Waals surface area contributed by atoms with Crippen LogP contribution >= 0.6 is 0 Å². The van der Waals surface area contributed by atoms with Gasteiger partial charge in [-0.25, -0.2) is 4.98 Å². The van der Waals surface area contributed by atoms with E-state index in [9.17, 15) is 0 Å². The molecule has 5 nitrogen and oxygen atoms in total. The minimum atomic E-state index is -2.26. The Bertz CT molecular complexity index is 3640. The minimum absolute atomic E-state index is 0. The molecule has 0 bridgehead atoms. The van der Waals surface area contributed by atoms with E-state index >= 15 is 0 Å². The van der Waals surface area contributed by atoms with Gasteiger partial charge in [-0.3, -0.25) is 4.98 Å². The second-order valence-electron chi connectivity index (χ2n) is 16.7. The van der Waals surface area contributed by atoms with Gasteiger partial charge in [-0.15, -0.1) is 18.2 Å². The summed E-state index contributed by atoms with van der Waals surface area (Å²) >= 11 is -1.72. The topological polar surface area (TPSA) is 56.7 Å². The van der Waals surface area contributed by atoms with E-state index in [0.717, 1.165) is 49.9 Å². The number of nitrogens with zero attached hydrogens (tertiary/aromatic N) is 4. The SMILES string of the molecule is [2H]C([2H])([2H])c1ccc(-c2cc3oc4c(-c5nc6ccccc6n5-c5cccc(-c6ccccc6)c5)[c-]ccc4c3c(-c3ccc(C([2H])([2H])[2H])cc3)n2)cc1.[CH3][Ge]([CH3])([CH3])[c]1ccc(-c2[c-]cccc2)nc1.[Ir]. The number of rotatable bonds is 7. The van der Waals surface area contributed by atoms with E-state index in [0.29, 0.717) is 45.1 Å². The van der Waals surface area contributed by atoms with Gasteiger partial charge >= 0.3 is 99.8 Å². The zero-order valence-corrected chi connectivity index (χ0v) is 40.4. The summed E-state index contributed by atoms with van der Waals surface area (Å²) in [6.07, 6.45) is 2.04. The van der Waals surface area contributed by atoms with E-state index in [1.54, 1.807) is 48.5 Å². The number of aryl methyl sites for hydroxylation is 2. The molecule has 65 heavy (non-hydrogen) atoms. The van der Waals surface area contributed by atoms with Crippen molar-refractivity contribution in [2.24, 2.45) is 0 Å². The summed E-state index contributed by atoms with van der Waals surface area (Å²) < 4.78 is 57.5. The molecular formula is C58H46GeIrN4O-2. The third-order valence-corrected chi connectivity index (χ3v) is 15.6. The molecule has 1 radical (unpaired) electrons. The summed E-state index contributed by atoms with van der Waals surface area (Å²) in [6, 6.07) is 64.6. The molecule has 319 valence electrons. The number of imidazole rings is 1. The number of furan rings is 1. The zero-order valence-electron chi connectivity index (χ0n) is 41.9. The van der Waals surface area contributed by atoms with Gasteiger partial charge in [0, 0.05) is 56.6 Å². The Morgan fingerprint density at radius 3 is 2.03 bits per heavy atom. The largest absolute Gasteiger partial charge is 0 e. The van der Waals surface area contributed by atoms with Gasteiger partial charge in [0.05, 0.1) is 33.8 Å². The maximum Gasteiger partial charge on any atom is 0 e. The van der Waals surface area contributed by atoms with Crippen LogP contribution in [0.3, 0.4) is 0 Å². The molecule has 7 heteroatoms. The summed E-state index contributed by atoms with van der Waals surface area (Å²) in [6.45, 7) is -4.50. The Kier molecular flexibility index (Phi) is 10.4. The maximum absolute atomic E-state index is 7.90. The van der Waals surface area contributed by atoms with E-state index in [4.69, 9.17) is 22.6 Å². The Morgan fingerprint density at radius 2 is 1.32 bits per heavy atom. The molecule has 4 aromatic heterocycles. The third-order valence-electron chi connectivity index (χ3n) is 11.4. The number of hydrogen-bond donors (Lipinski definition) is 0. The van der Waals surface area contributed by atoms with Crippen molar-refractivity contribution in [1.82, 2.24) is 19.5 Å². The second kappa shape index (κ2) is 18.4. The standard InChI is InChI=1S/C44H30N3O.C14H16GeN.Ir/c1-28-18-22-31(23-19-28)38-27-40-41(42(45-38)32-24-20-29(2)21-25-32)35-14-9-15-36(43(35)48-40)44-46-37-16-6-7-17-39(37)47(44)34-13-8-12-33(26-34)30-10-4-3-5-11-30;1-15(2,3)13-9-10-14(16-11-13)12-7-5-4-6-8-12;/h3-14,16-27H,1-2H3;4-7,9-11H,1-3H3;/q2*-1;/i1D3,2D3;;. The van der Waals surface area contributed by atoms with Gasteiger partial charge in [0.2, 0.25) is 0 Å². The van der Waals surface area contributed by atoms with Gasteiger partial charge in [-0.1, -0.05) is 125 Å². The fourth-order valence-corrected chi connectivity index (χ4v) is 10.2. The van der Waals surface area contributed by atoms with Crippen LogP contribution < -0.4 is 4.40 Å². The first-order valence-electron chi connectivity index (χ1n) is 24.2. The number of benzene rings is 7. The number of aromatic nitrogens is 4. The monoisotopic (exact) mass is 1090 g/mol. The fraction of sp³-hybridized carbons (Fsp3) is 0.0862. The Hall–Kier alpha value is -6.70. The van der Waals surface area contributed by atoms with E-state index in [1.165, 1.54) is 4.40 Å². The third kappa shape index (κ3) is 8.90. The Balaban J connectivity index is 0.000000313. The van der Waals surface area contributed by atoms with Crippen molar-refractivity contribution >= 4 is 50.6 Å². The molecule has 0 aliphatic heterocycles. The van der Waals surface area contributed by atoms with Crippen molar-refractivity contribution in [1.29, 1.82) is 0 Å². The van der Waals surface area contributed by atoms with Gasteiger partial charge in [0.25, 0.3) is 0 Å². The summed E-state index contributed by atoms with van der Waals surface area (Å²) in [4.78, 5) is 14.8. The number of pyridine rings is 2. The summed E-state index contributed by atoms with van der Waals surface area (Å²) in [5, 5.41) is 1.54. The molecular weight excluding hydrogens is 1030 g/mol. The summed E-state index contributed by atoms with van der Waals surface area (Å²) in [7, 11) is 0. The number of para-hydroxylation sites is 2. The molecule has 0 unspecified atom stereocenters.